The summed E-state index contributed by atoms with van der Waals surface area (Å²) in [4.78, 5) is 0.319. The molecule has 1 aromatic carbocycles. The second-order valence-electron chi connectivity index (χ2n) is 5.08. The quantitative estimate of drug-likeness (QED) is 0.772. The van der Waals surface area contributed by atoms with Crippen LogP contribution in [-0.2, 0) is 16.6 Å². The van der Waals surface area contributed by atoms with Crippen LogP contribution in [0.3, 0.4) is 0 Å². The van der Waals surface area contributed by atoms with Crippen molar-refractivity contribution in [3.8, 4) is 0 Å². The van der Waals surface area contributed by atoms with Crippen molar-refractivity contribution in [1.82, 2.24) is 10.0 Å². The number of hydrogen-bond donors (Lipinski definition) is 2. The average Bonchev–Trinajstić information content (AvgIpc) is 2.43. The maximum Gasteiger partial charge on any atom is 0.240 e. The molecule has 0 radical (unpaired) electrons. The Morgan fingerprint density at radius 3 is 2.25 bits per heavy atom. The third-order valence-corrected chi connectivity index (χ3v) is 5.32. The highest BCUT2D eigenvalue weighted by Crippen LogP contribution is 2.12. The van der Waals surface area contributed by atoms with Crippen molar-refractivity contribution in [2.24, 2.45) is 0 Å². The molecule has 0 aromatic heterocycles. The van der Waals surface area contributed by atoms with E-state index in [4.69, 9.17) is 0 Å². The van der Waals surface area contributed by atoms with Crippen LogP contribution >= 0.6 is 11.8 Å². The van der Waals surface area contributed by atoms with E-state index in [9.17, 15) is 8.42 Å². The third-order valence-electron chi connectivity index (χ3n) is 2.91. The van der Waals surface area contributed by atoms with Gasteiger partial charge in [0.05, 0.1) is 4.90 Å². The van der Waals surface area contributed by atoms with E-state index in [1.165, 1.54) is 0 Å². The Morgan fingerprint density at radius 2 is 1.75 bits per heavy atom. The van der Waals surface area contributed by atoms with E-state index in [0.717, 1.165) is 12.1 Å². The predicted octanol–water partition coefficient (Wildman–Crippen LogP) is 2.21. The van der Waals surface area contributed by atoms with Crippen LogP contribution in [0.25, 0.3) is 0 Å². The molecule has 6 heteroatoms. The van der Waals surface area contributed by atoms with Crippen LogP contribution in [0.4, 0.5) is 0 Å². The molecule has 2 N–H and O–H groups in total. The van der Waals surface area contributed by atoms with Gasteiger partial charge in [-0.1, -0.05) is 32.9 Å². The molecule has 0 fully saturated rings. The van der Waals surface area contributed by atoms with Gasteiger partial charge in [-0.3, -0.25) is 0 Å². The first-order chi connectivity index (χ1) is 9.35. The molecule has 4 nitrogen and oxygen atoms in total. The second kappa shape index (κ2) is 8.02. The highest BCUT2D eigenvalue weighted by atomic mass is 32.2. The topological polar surface area (TPSA) is 58.2 Å². The minimum Gasteiger partial charge on any atom is -0.310 e. The lowest BCUT2D eigenvalue weighted by Gasteiger charge is -2.11. The number of nitrogens with one attached hydrogen (secondary N) is 2. The summed E-state index contributed by atoms with van der Waals surface area (Å²) < 4.78 is 26.8. The molecule has 1 atom stereocenters. The fourth-order valence-electron chi connectivity index (χ4n) is 1.50. The van der Waals surface area contributed by atoms with Gasteiger partial charge in [-0.05, 0) is 24.0 Å². The van der Waals surface area contributed by atoms with Gasteiger partial charge in [0.15, 0.2) is 0 Å². The summed E-state index contributed by atoms with van der Waals surface area (Å²) in [7, 11) is -3.40. The number of benzene rings is 1. The largest absolute Gasteiger partial charge is 0.310 e. The van der Waals surface area contributed by atoms with Crippen LogP contribution in [0.5, 0.6) is 0 Å². The summed E-state index contributed by atoms with van der Waals surface area (Å²) in [6.45, 7) is 7.34. The van der Waals surface area contributed by atoms with Gasteiger partial charge in [-0.25, -0.2) is 13.1 Å². The van der Waals surface area contributed by atoms with Crippen molar-refractivity contribution in [3.05, 3.63) is 29.8 Å². The fourth-order valence-corrected chi connectivity index (χ4v) is 2.99. The molecule has 0 aliphatic heterocycles. The smallest absolute Gasteiger partial charge is 0.240 e. The lowest BCUT2D eigenvalue weighted by atomic mass is 10.2. The van der Waals surface area contributed by atoms with Gasteiger partial charge in [0, 0.05) is 24.4 Å². The molecule has 20 heavy (non-hydrogen) atoms. The van der Waals surface area contributed by atoms with Gasteiger partial charge in [0.2, 0.25) is 10.0 Å². The molecule has 0 spiro atoms. The summed E-state index contributed by atoms with van der Waals surface area (Å²) in [6.07, 6.45) is 1.97. The number of hydrogen-bond acceptors (Lipinski definition) is 4. The lowest BCUT2D eigenvalue weighted by Crippen LogP contribution is -2.29. The molecule has 1 aromatic rings. The van der Waals surface area contributed by atoms with Crippen molar-refractivity contribution >= 4 is 21.8 Å². The molecule has 0 bridgehead atoms. The van der Waals surface area contributed by atoms with Crippen molar-refractivity contribution in [1.29, 1.82) is 0 Å². The zero-order chi connectivity index (χ0) is 15.2. The minimum absolute atomic E-state index is 0.263. The summed E-state index contributed by atoms with van der Waals surface area (Å²) >= 11 is 1.64. The molecule has 0 amide bonds. The van der Waals surface area contributed by atoms with Crippen LogP contribution < -0.4 is 10.0 Å². The van der Waals surface area contributed by atoms with Crippen LogP contribution in [0, 0.1) is 0 Å². The zero-order valence-electron chi connectivity index (χ0n) is 12.5. The molecule has 0 saturated carbocycles. The SMILES string of the molecule is CSC(C)CNS(=O)(=O)c1ccc(CNC(C)C)cc1. The molecule has 1 rings (SSSR count). The zero-order valence-corrected chi connectivity index (χ0v) is 14.1. The molecule has 0 aliphatic rings. The van der Waals surface area contributed by atoms with Gasteiger partial charge in [0.1, 0.15) is 0 Å². The van der Waals surface area contributed by atoms with E-state index in [0.29, 0.717) is 17.5 Å². The summed E-state index contributed by atoms with van der Waals surface area (Å²) in [5.41, 5.74) is 1.08. The minimum atomic E-state index is -3.40. The van der Waals surface area contributed by atoms with Crippen molar-refractivity contribution in [2.75, 3.05) is 12.8 Å². The Hall–Kier alpha value is -0.560. The van der Waals surface area contributed by atoms with Gasteiger partial charge in [-0.15, -0.1) is 0 Å². The fraction of sp³-hybridized carbons (Fsp3) is 0.571. The molecule has 114 valence electrons. The Balaban J connectivity index is 2.67. The monoisotopic (exact) mass is 316 g/mol. The maximum absolute atomic E-state index is 12.1. The second-order valence-corrected chi connectivity index (χ2v) is 8.12. The molecule has 0 aliphatic carbocycles. The lowest BCUT2D eigenvalue weighted by molar-refractivity contribution is 0.580. The Kier molecular flexibility index (Phi) is 7.02. The normalized spacial score (nSPS) is 13.7. The predicted molar refractivity (Wildman–Crippen MR) is 86.6 cm³/mol. The standard InChI is InChI=1S/C14H24N2O2S2/c1-11(2)15-10-13-5-7-14(8-6-13)20(17,18)16-9-12(3)19-4/h5-8,11-12,15-16H,9-10H2,1-4H3. The molecule has 1 unspecified atom stereocenters. The molecular formula is C14H24N2O2S2. The van der Waals surface area contributed by atoms with E-state index in [2.05, 4.69) is 23.9 Å². The van der Waals surface area contributed by atoms with Crippen molar-refractivity contribution in [2.45, 2.75) is 43.5 Å². The Labute approximate surface area is 126 Å². The number of rotatable bonds is 8. The summed E-state index contributed by atoms with van der Waals surface area (Å²) in [6, 6.07) is 7.42. The van der Waals surface area contributed by atoms with Crippen LogP contribution in [0.2, 0.25) is 0 Å². The Morgan fingerprint density at radius 1 is 1.15 bits per heavy atom. The summed E-state index contributed by atoms with van der Waals surface area (Å²) in [5, 5.41) is 3.56. The van der Waals surface area contributed by atoms with Crippen molar-refractivity contribution in [3.63, 3.8) is 0 Å². The molecule has 0 heterocycles. The van der Waals surface area contributed by atoms with Crippen LogP contribution in [0.15, 0.2) is 29.2 Å². The first-order valence-electron chi connectivity index (χ1n) is 6.70. The average molecular weight is 316 g/mol. The van der Waals surface area contributed by atoms with Gasteiger partial charge in [-0.2, -0.15) is 11.8 Å². The van der Waals surface area contributed by atoms with Gasteiger partial charge >= 0.3 is 0 Å². The van der Waals surface area contributed by atoms with E-state index in [1.54, 1.807) is 23.9 Å². The number of thioether (sulfide) groups is 1. The van der Waals surface area contributed by atoms with Crippen molar-refractivity contribution < 1.29 is 8.42 Å². The van der Waals surface area contributed by atoms with E-state index >= 15 is 0 Å². The number of sulfonamides is 1. The third kappa shape index (κ3) is 5.83. The Bertz CT molecular complexity index is 498. The summed E-state index contributed by atoms with van der Waals surface area (Å²) in [5.74, 6) is 0. The van der Waals surface area contributed by atoms with Gasteiger partial charge < -0.3 is 5.32 Å². The van der Waals surface area contributed by atoms with Crippen LogP contribution in [-0.4, -0.2) is 32.5 Å². The van der Waals surface area contributed by atoms with Crippen LogP contribution in [0.1, 0.15) is 26.3 Å². The first kappa shape index (κ1) is 17.5. The highest BCUT2D eigenvalue weighted by Gasteiger charge is 2.14. The van der Waals surface area contributed by atoms with Gasteiger partial charge in [0.25, 0.3) is 0 Å². The van der Waals surface area contributed by atoms with E-state index < -0.39 is 10.0 Å². The van der Waals surface area contributed by atoms with E-state index in [-0.39, 0.29) is 5.25 Å². The molecule has 0 saturated heterocycles. The molecular weight excluding hydrogens is 292 g/mol. The maximum atomic E-state index is 12.1. The first-order valence-corrected chi connectivity index (χ1v) is 9.47. The highest BCUT2D eigenvalue weighted by molar-refractivity contribution is 7.99. The van der Waals surface area contributed by atoms with E-state index in [1.807, 2.05) is 25.3 Å².